The Kier molecular flexibility index (Phi) is 2.87. The van der Waals surface area contributed by atoms with Crippen LogP contribution in [0.2, 0.25) is 0 Å². The zero-order valence-corrected chi connectivity index (χ0v) is 11.4. The number of nitrogens with zero attached hydrogens (tertiary/aromatic N) is 1. The van der Waals surface area contributed by atoms with Crippen molar-refractivity contribution in [2.24, 2.45) is 5.41 Å². The Hall–Kier alpha value is -0.410. The first-order valence-corrected chi connectivity index (χ1v) is 6.77. The van der Waals surface area contributed by atoms with E-state index in [0.29, 0.717) is 0 Å². The lowest BCUT2D eigenvalue weighted by atomic mass is 9.88. The normalized spacial score (nSPS) is 28.6. The van der Waals surface area contributed by atoms with Crippen LogP contribution < -0.4 is 0 Å². The van der Waals surface area contributed by atoms with E-state index in [2.05, 4.69) is 25.8 Å². The lowest BCUT2D eigenvalue weighted by molar-refractivity contribution is 0.0378. The Labute approximate surface area is 102 Å². The van der Waals surface area contributed by atoms with Crippen LogP contribution in [0.4, 0.5) is 0 Å². The quantitative estimate of drug-likeness (QED) is 0.859. The van der Waals surface area contributed by atoms with E-state index in [1.807, 2.05) is 6.92 Å². The largest absolute Gasteiger partial charge is 0.389 e. The fraction of sp³-hybridized carbons (Fsp3) is 0.769. The average Bonchev–Trinajstić information content (AvgIpc) is 2.54. The second-order valence-electron chi connectivity index (χ2n) is 5.99. The fourth-order valence-corrected chi connectivity index (χ4v) is 3.76. The molecule has 1 aliphatic rings. The summed E-state index contributed by atoms with van der Waals surface area (Å²) in [7, 11) is 0. The van der Waals surface area contributed by atoms with Crippen LogP contribution in [0.5, 0.6) is 0 Å². The molecule has 1 N–H and O–H groups in total. The Bertz CT molecular complexity index is 377. The van der Waals surface area contributed by atoms with E-state index in [-0.39, 0.29) is 5.41 Å². The molecule has 1 saturated carbocycles. The summed E-state index contributed by atoms with van der Waals surface area (Å²) in [4.78, 5) is 5.80. The Balaban J connectivity index is 2.10. The predicted octanol–water partition coefficient (Wildman–Crippen LogP) is 3.24. The molecule has 2 nitrogen and oxygen atoms in total. The zero-order valence-electron chi connectivity index (χ0n) is 10.6. The molecule has 1 aromatic heterocycles. The van der Waals surface area contributed by atoms with Gasteiger partial charge in [0.1, 0.15) is 0 Å². The van der Waals surface area contributed by atoms with Gasteiger partial charge < -0.3 is 5.11 Å². The molecule has 0 bridgehead atoms. The molecular formula is C13H21NOS. The lowest BCUT2D eigenvalue weighted by Crippen LogP contribution is -2.29. The Morgan fingerprint density at radius 2 is 2.00 bits per heavy atom. The van der Waals surface area contributed by atoms with Crippen molar-refractivity contribution in [3.63, 3.8) is 0 Å². The van der Waals surface area contributed by atoms with E-state index in [0.717, 1.165) is 36.4 Å². The van der Waals surface area contributed by atoms with Crippen LogP contribution in [0, 0.1) is 19.3 Å². The number of aryl methyl sites for hydroxylation is 2. The third-order valence-corrected chi connectivity index (χ3v) is 4.70. The standard InChI is InChI=1S/C13H21NOS/c1-9-10(2)16-11(14-9)7-13(15)6-5-12(3,4)8-13/h15H,5-8H2,1-4H3. The highest BCUT2D eigenvalue weighted by atomic mass is 32.1. The molecule has 1 atom stereocenters. The monoisotopic (exact) mass is 239 g/mol. The van der Waals surface area contributed by atoms with Crippen LogP contribution in [-0.4, -0.2) is 15.7 Å². The third-order valence-electron chi connectivity index (χ3n) is 3.63. The summed E-state index contributed by atoms with van der Waals surface area (Å²) in [5.74, 6) is 0. The van der Waals surface area contributed by atoms with Gasteiger partial charge in [-0.25, -0.2) is 4.98 Å². The number of hydrogen-bond acceptors (Lipinski definition) is 3. The summed E-state index contributed by atoms with van der Waals surface area (Å²) in [6.07, 6.45) is 3.66. The van der Waals surface area contributed by atoms with Gasteiger partial charge >= 0.3 is 0 Å². The van der Waals surface area contributed by atoms with Crippen molar-refractivity contribution in [2.75, 3.05) is 0 Å². The van der Waals surface area contributed by atoms with Gasteiger partial charge in [0.2, 0.25) is 0 Å². The Morgan fingerprint density at radius 3 is 2.44 bits per heavy atom. The number of hydrogen-bond donors (Lipinski definition) is 1. The molecule has 0 spiro atoms. The summed E-state index contributed by atoms with van der Waals surface area (Å²) in [6.45, 7) is 8.61. The maximum Gasteiger partial charge on any atom is 0.0959 e. The van der Waals surface area contributed by atoms with Crippen molar-refractivity contribution in [3.8, 4) is 0 Å². The first-order chi connectivity index (χ1) is 7.30. The van der Waals surface area contributed by atoms with Gasteiger partial charge in [-0.15, -0.1) is 11.3 Å². The SMILES string of the molecule is Cc1nc(CC2(O)CCC(C)(C)C2)sc1C. The van der Waals surface area contributed by atoms with Gasteiger partial charge in [0.15, 0.2) is 0 Å². The van der Waals surface area contributed by atoms with Crippen molar-refractivity contribution in [2.45, 2.75) is 59.0 Å². The minimum atomic E-state index is -0.514. The van der Waals surface area contributed by atoms with Gasteiger partial charge in [-0.3, -0.25) is 0 Å². The van der Waals surface area contributed by atoms with Crippen LogP contribution >= 0.6 is 11.3 Å². The van der Waals surface area contributed by atoms with Gasteiger partial charge in [-0.2, -0.15) is 0 Å². The minimum absolute atomic E-state index is 0.288. The topological polar surface area (TPSA) is 33.1 Å². The second-order valence-corrected chi connectivity index (χ2v) is 7.28. The molecule has 0 aliphatic heterocycles. The van der Waals surface area contributed by atoms with Crippen molar-refractivity contribution in [1.82, 2.24) is 4.98 Å². The molecule has 1 aliphatic carbocycles. The van der Waals surface area contributed by atoms with Crippen molar-refractivity contribution >= 4 is 11.3 Å². The molecule has 3 heteroatoms. The number of aromatic nitrogens is 1. The number of rotatable bonds is 2. The summed E-state index contributed by atoms with van der Waals surface area (Å²) < 4.78 is 0. The molecule has 1 heterocycles. The molecule has 1 fully saturated rings. The number of aliphatic hydroxyl groups is 1. The molecule has 0 amide bonds. The third kappa shape index (κ3) is 2.46. The van der Waals surface area contributed by atoms with E-state index >= 15 is 0 Å². The fourth-order valence-electron chi connectivity index (χ4n) is 2.69. The van der Waals surface area contributed by atoms with Crippen LogP contribution in [0.25, 0.3) is 0 Å². The van der Waals surface area contributed by atoms with Gasteiger partial charge in [0.05, 0.1) is 16.3 Å². The maximum absolute atomic E-state index is 10.5. The average molecular weight is 239 g/mol. The van der Waals surface area contributed by atoms with Gasteiger partial charge in [0.25, 0.3) is 0 Å². The van der Waals surface area contributed by atoms with Crippen LogP contribution in [0.15, 0.2) is 0 Å². The smallest absolute Gasteiger partial charge is 0.0959 e. The summed E-state index contributed by atoms with van der Waals surface area (Å²) in [5, 5.41) is 11.6. The van der Waals surface area contributed by atoms with Crippen molar-refractivity contribution in [1.29, 1.82) is 0 Å². The van der Waals surface area contributed by atoms with Gasteiger partial charge in [0, 0.05) is 11.3 Å². The van der Waals surface area contributed by atoms with Crippen LogP contribution in [0.1, 0.15) is 48.7 Å². The van der Waals surface area contributed by atoms with Gasteiger partial charge in [-0.05, 0) is 38.5 Å². The van der Waals surface area contributed by atoms with E-state index in [1.165, 1.54) is 4.88 Å². The summed E-state index contributed by atoms with van der Waals surface area (Å²) in [5.41, 5.74) is 0.886. The molecule has 1 unspecified atom stereocenters. The minimum Gasteiger partial charge on any atom is -0.389 e. The Morgan fingerprint density at radius 1 is 1.31 bits per heavy atom. The molecule has 0 aromatic carbocycles. The predicted molar refractivity (Wildman–Crippen MR) is 67.9 cm³/mol. The first-order valence-electron chi connectivity index (χ1n) is 5.95. The highest BCUT2D eigenvalue weighted by Crippen LogP contribution is 2.45. The molecule has 90 valence electrons. The molecular weight excluding hydrogens is 218 g/mol. The first kappa shape index (κ1) is 12.1. The molecule has 16 heavy (non-hydrogen) atoms. The van der Waals surface area contributed by atoms with E-state index in [9.17, 15) is 5.11 Å². The van der Waals surface area contributed by atoms with Crippen LogP contribution in [-0.2, 0) is 6.42 Å². The van der Waals surface area contributed by atoms with Gasteiger partial charge in [-0.1, -0.05) is 13.8 Å². The maximum atomic E-state index is 10.5. The van der Waals surface area contributed by atoms with E-state index in [1.54, 1.807) is 11.3 Å². The molecule has 1 aromatic rings. The summed E-state index contributed by atoms with van der Waals surface area (Å²) >= 11 is 1.73. The molecule has 0 radical (unpaired) electrons. The zero-order chi connectivity index (χ0) is 12.0. The lowest BCUT2D eigenvalue weighted by Gasteiger charge is -2.24. The molecule has 2 rings (SSSR count). The van der Waals surface area contributed by atoms with E-state index < -0.39 is 5.60 Å². The van der Waals surface area contributed by atoms with Crippen LogP contribution in [0.3, 0.4) is 0 Å². The number of thiazole rings is 1. The second kappa shape index (κ2) is 3.81. The van der Waals surface area contributed by atoms with E-state index in [4.69, 9.17) is 0 Å². The molecule has 0 saturated heterocycles. The highest BCUT2D eigenvalue weighted by Gasteiger charge is 2.42. The van der Waals surface area contributed by atoms with Crippen molar-refractivity contribution < 1.29 is 5.11 Å². The van der Waals surface area contributed by atoms with Crippen molar-refractivity contribution in [3.05, 3.63) is 15.6 Å². The highest BCUT2D eigenvalue weighted by molar-refractivity contribution is 7.11. The summed E-state index contributed by atoms with van der Waals surface area (Å²) in [6, 6.07) is 0.